The van der Waals surface area contributed by atoms with Gasteiger partial charge in [0.1, 0.15) is 5.60 Å². The maximum absolute atomic E-state index is 12.1. The molecular weight excluding hydrogens is 422 g/mol. The maximum Gasteiger partial charge on any atom is 0.410 e. The number of carbonyl (C=O) groups is 2. The minimum atomic E-state index is -0.527. The van der Waals surface area contributed by atoms with Crippen LogP contribution in [0.2, 0.25) is 0 Å². The summed E-state index contributed by atoms with van der Waals surface area (Å²) in [4.78, 5) is 36.6. The third-order valence-electron chi connectivity index (χ3n) is 5.03. The topological polar surface area (TPSA) is 88.5 Å². The molecule has 1 aliphatic heterocycles. The zero-order valence-corrected chi connectivity index (χ0v) is 19.8. The first kappa shape index (κ1) is 25.8. The van der Waals surface area contributed by atoms with E-state index in [0.717, 1.165) is 5.56 Å². The van der Waals surface area contributed by atoms with Crippen molar-refractivity contribution >= 4 is 12.1 Å². The molecule has 2 aromatic rings. The summed E-state index contributed by atoms with van der Waals surface area (Å²) in [5.41, 5.74) is 0.801. The number of benzene rings is 2. The molecule has 0 aliphatic carbocycles. The van der Waals surface area contributed by atoms with Gasteiger partial charge in [0.15, 0.2) is 0 Å². The second kappa shape index (κ2) is 12.6. The van der Waals surface area contributed by atoms with Gasteiger partial charge < -0.3 is 14.4 Å². The van der Waals surface area contributed by atoms with Crippen molar-refractivity contribution in [3.63, 3.8) is 0 Å². The minimum absolute atomic E-state index is 0.0403. The zero-order chi connectivity index (χ0) is 24.3. The number of hydrogen-bond donors (Lipinski definition) is 0. The Labute approximate surface area is 195 Å². The number of esters is 1. The molecule has 0 N–H and O–H groups in total. The third kappa shape index (κ3) is 8.92. The maximum atomic E-state index is 12.1. The highest BCUT2D eigenvalue weighted by Gasteiger charge is 2.29. The van der Waals surface area contributed by atoms with Gasteiger partial charge >= 0.3 is 12.1 Å². The van der Waals surface area contributed by atoms with Gasteiger partial charge in [0, 0.05) is 13.1 Å². The SMILES string of the molecule is COC(=O)c1ccc(CN(N=O)C2CCN(C(=O)OC(C)(C)C)CC2)cc1.c1ccccc1. The van der Waals surface area contributed by atoms with E-state index in [9.17, 15) is 14.5 Å². The largest absolute Gasteiger partial charge is 0.465 e. The molecule has 1 amide bonds. The average molecular weight is 456 g/mol. The summed E-state index contributed by atoms with van der Waals surface area (Å²) in [7, 11) is 1.33. The highest BCUT2D eigenvalue weighted by molar-refractivity contribution is 5.89. The molecule has 0 atom stereocenters. The normalized spacial score (nSPS) is 13.9. The van der Waals surface area contributed by atoms with Crippen LogP contribution >= 0.6 is 0 Å². The lowest BCUT2D eigenvalue weighted by atomic mass is 10.0. The first-order valence-electron chi connectivity index (χ1n) is 11.0. The molecule has 1 fully saturated rings. The Bertz CT molecular complexity index is 846. The second-order valence-corrected chi connectivity index (χ2v) is 8.72. The zero-order valence-electron chi connectivity index (χ0n) is 19.8. The van der Waals surface area contributed by atoms with Crippen LogP contribution in [0.25, 0.3) is 0 Å². The average Bonchev–Trinajstić information content (AvgIpc) is 2.83. The lowest BCUT2D eigenvalue weighted by Crippen LogP contribution is -2.46. The molecular formula is C25H33N3O5. The van der Waals surface area contributed by atoms with Crippen LogP contribution in [0.4, 0.5) is 4.79 Å². The van der Waals surface area contributed by atoms with E-state index in [1.54, 1.807) is 29.2 Å². The minimum Gasteiger partial charge on any atom is -0.465 e. The summed E-state index contributed by atoms with van der Waals surface area (Å²) >= 11 is 0. The van der Waals surface area contributed by atoms with Crippen LogP contribution < -0.4 is 0 Å². The quantitative estimate of drug-likeness (QED) is 0.356. The van der Waals surface area contributed by atoms with Crippen LogP contribution in [0.3, 0.4) is 0 Å². The standard InChI is InChI=1S/C19H27N3O5.C6H6/c1-19(2,3)27-18(24)21-11-9-16(10-12-21)22(20-25)13-14-5-7-15(8-6-14)17(23)26-4;1-2-4-6-5-3-1/h5-8,16H,9-13H2,1-4H3;1-6H. The van der Waals surface area contributed by atoms with Crippen LogP contribution in [-0.4, -0.2) is 53.8 Å². The van der Waals surface area contributed by atoms with Crippen molar-refractivity contribution in [1.29, 1.82) is 0 Å². The number of hydrogen-bond acceptors (Lipinski definition) is 6. The molecule has 8 nitrogen and oxygen atoms in total. The van der Waals surface area contributed by atoms with Gasteiger partial charge in [0.2, 0.25) is 0 Å². The number of carbonyl (C=O) groups excluding carboxylic acids is 2. The summed E-state index contributed by atoms with van der Waals surface area (Å²) in [5, 5.41) is 4.67. The Morgan fingerprint density at radius 1 is 1.00 bits per heavy atom. The lowest BCUT2D eigenvalue weighted by Gasteiger charge is -2.36. The van der Waals surface area contributed by atoms with Gasteiger partial charge in [-0.15, -0.1) is 4.91 Å². The Morgan fingerprint density at radius 3 is 1.94 bits per heavy atom. The molecule has 0 unspecified atom stereocenters. The summed E-state index contributed by atoms with van der Waals surface area (Å²) in [6.07, 6.45) is 0.959. The molecule has 0 spiro atoms. The number of nitroso groups, excluding NO2 is 1. The molecule has 3 rings (SSSR count). The fraction of sp³-hybridized carbons (Fsp3) is 0.440. The van der Waals surface area contributed by atoms with Crippen LogP contribution in [0.5, 0.6) is 0 Å². The highest BCUT2D eigenvalue weighted by Crippen LogP contribution is 2.21. The van der Waals surface area contributed by atoms with E-state index in [0.29, 0.717) is 38.0 Å². The summed E-state index contributed by atoms with van der Waals surface area (Å²) in [6.45, 7) is 6.89. The van der Waals surface area contributed by atoms with Gasteiger partial charge in [0.05, 0.1) is 30.5 Å². The van der Waals surface area contributed by atoms with Crippen molar-refractivity contribution in [1.82, 2.24) is 9.91 Å². The number of rotatable bonds is 5. The molecule has 33 heavy (non-hydrogen) atoms. The number of piperidine rings is 1. The number of ether oxygens (including phenoxy) is 2. The molecule has 178 valence electrons. The third-order valence-corrected chi connectivity index (χ3v) is 5.03. The molecule has 1 aliphatic rings. The molecule has 8 heteroatoms. The van der Waals surface area contributed by atoms with Crippen LogP contribution in [-0.2, 0) is 16.0 Å². The van der Waals surface area contributed by atoms with Crippen molar-refractivity contribution in [3.8, 4) is 0 Å². The van der Waals surface area contributed by atoms with Crippen LogP contribution in [0.15, 0.2) is 65.9 Å². The lowest BCUT2D eigenvalue weighted by molar-refractivity contribution is 0.0137. The first-order valence-corrected chi connectivity index (χ1v) is 11.0. The Kier molecular flexibility index (Phi) is 9.84. The molecule has 0 saturated carbocycles. The second-order valence-electron chi connectivity index (χ2n) is 8.72. The fourth-order valence-corrected chi connectivity index (χ4v) is 3.33. The van der Waals surface area contributed by atoms with E-state index in [2.05, 4.69) is 10.0 Å². The van der Waals surface area contributed by atoms with Crippen LogP contribution in [0.1, 0.15) is 49.5 Å². The molecule has 0 radical (unpaired) electrons. The Balaban J connectivity index is 0.000000554. The number of methoxy groups -OCH3 is 1. The molecule has 2 aromatic carbocycles. The van der Waals surface area contributed by atoms with E-state index < -0.39 is 11.6 Å². The van der Waals surface area contributed by atoms with Gasteiger partial charge in [0.25, 0.3) is 0 Å². The van der Waals surface area contributed by atoms with Crippen molar-refractivity contribution in [2.75, 3.05) is 20.2 Å². The number of likely N-dealkylation sites (tertiary alicyclic amines) is 1. The summed E-state index contributed by atoms with van der Waals surface area (Å²) < 4.78 is 10.1. The van der Waals surface area contributed by atoms with E-state index in [1.165, 1.54) is 12.1 Å². The van der Waals surface area contributed by atoms with Gasteiger partial charge in [-0.2, -0.15) is 0 Å². The Morgan fingerprint density at radius 2 is 1.52 bits per heavy atom. The summed E-state index contributed by atoms with van der Waals surface area (Å²) in [5.74, 6) is -0.401. The van der Waals surface area contributed by atoms with Crippen molar-refractivity contribution in [3.05, 3.63) is 76.7 Å². The highest BCUT2D eigenvalue weighted by atomic mass is 16.6. The molecule has 0 bridgehead atoms. The van der Waals surface area contributed by atoms with E-state index in [1.807, 2.05) is 57.2 Å². The van der Waals surface area contributed by atoms with Crippen molar-refractivity contribution in [2.24, 2.45) is 5.29 Å². The number of amides is 1. The van der Waals surface area contributed by atoms with Gasteiger partial charge in [-0.3, -0.25) is 5.01 Å². The van der Waals surface area contributed by atoms with E-state index in [4.69, 9.17) is 4.74 Å². The summed E-state index contributed by atoms with van der Waals surface area (Å²) in [6, 6.07) is 18.8. The van der Waals surface area contributed by atoms with E-state index in [-0.39, 0.29) is 12.1 Å². The molecule has 1 saturated heterocycles. The fourth-order valence-electron chi connectivity index (χ4n) is 3.33. The predicted octanol–water partition coefficient (Wildman–Crippen LogP) is 5.04. The monoisotopic (exact) mass is 455 g/mol. The van der Waals surface area contributed by atoms with Gasteiger partial charge in [-0.05, 0) is 51.3 Å². The van der Waals surface area contributed by atoms with Crippen molar-refractivity contribution in [2.45, 2.75) is 51.8 Å². The predicted molar refractivity (Wildman–Crippen MR) is 126 cm³/mol. The van der Waals surface area contributed by atoms with Gasteiger partial charge in [-0.1, -0.05) is 48.5 Å². The first-order chi connectivity index (χ1) is 15.7. The number of nitrogens with zero attached hydrogens (tertiary/aromatic N) is 3. The van der Waals surface area contributed by atoms with E-state index >= 15 is 0 Å². The molecule has 1 heterocycles. The molecule has 0 aromatic heterocycles. The van der Waals surface area contributed by atoms with Gasteiger partial charge in [-0.25, -0.2) is 9.59 Å². The smallest absolute Gasteiger partial charge is 0.410 e. The van der Waals surface area contributed by atoms with Crippen LogP contribution in [0, 0.1) is 4.91 Å². The van der Waals surface area contributed by atoms with Crippen molar-refractivity contribution < 1.29 is 19.1 Å². The Hall–Kier alpha value is -3.42.